The molecule has 1 aromatic rings. The van der Waals surface area contributed by atoms with Crippen molar-refractivity contribution in [3.05, 3.63) is 33.4 Å². The summed E-state index contributed by atoms with van der Waals surface area (Å²) < 4.78 is 1.06. The van der Waals surface area contributed by atoms with Gasteiger partial charge in [0.1, 0.15) is 6.04 Å². The van der Waals surface area contributed by atoms with E-state index in [1.807, 2.05) is 12.1 Å². The molecule has 0 spiro atoms. The molecule has 1 unspecified atom stereocenters. The van der Waals surface area contributed by atoms with E-state index in [1.165, 1.54) is 4.90 Å². The molecule has 4 nitrogen and oxygen atoms in total. The maximum absolute atomic E-state index is 12.4. The number of carboxylic acid groups (broad SMARTS) is 1. The Bertz CT molecular complexity index is 472. The number of nitrogens with zero attached hydrogens (tertiary/aromatic N) is 1. The van der Waals surface area contributed by atoms with Crippen molar-refractivity contribution >= 4 is 34.5 Å². The molecule has 0 radical (unpaired) electrons. The number of benzene rings is 1. The lowest BCUT2D eigenvalue weighted by Crippen LogP contribution is -2.44. The molecule has 0 aliphatic carbocycles. The summed E-state index contributed by atoms with van der Waals surface area (Å²) >= 11 is 2.18. The number of amides is 1. The number of aliphatic carboxylic acids is 1. The maximum Gasteiger partial charge on any atom is 0.326 e. The molecule has 1 aliphatic heterocycles. The van der Waals surface area contributed by atoms with Crippen LogP contribution in [0.5, 0.6) is 0 Å². The minimum atomic E-state index is -0.902. The van der Waals surface area contributed by atoms with Crippen molar-refractivity contribution in [1.29, 1.82) is 0 Å². The normalized spacial score (nSPS) is 19.8. The fourth-order valence-corrected chi connectivity index (χ4v) is 2.73. The van der Waals surface area contributed by atoms with Crippen molar-refractivity contribution in [2.45, 2.75) is 31.7 Å². The van der Waals surface area contributed by atoms with Gasteiger partial charge in [-0.3, -0.25) is 4.79 Å². The number of hydrogen-bond donors (Lipinski definition) is 1. The molecule has 1 atom stereocenters. The second-order valence-corrected chi connectivity index (χ2v) is 5.95. The van der Waals surface area contributed by atoms with Crippen LogP contribution in [0.15, 0.2) is 24.3 Å². The molecule has 2 rings (SSSR count). The van der Waals surface area contributed by atoms with Crippen LogP contribution in [0.3, 0.4) is 0 Å². The van der Waals surface area contributed by atoms with E-state index in [0.29, 0.717) is 18.5 Å². The van der Waals surface area contributed by atoms with E-state index in [2.05, 4.69) is 22.6 Å². The van der Waals surface area contributed by atoms with Gasteiger partial charge >= 0.3 is 5.97 Å². The molecule has 102 valence electrons. The van der Waals surface area contributed by atoms with Gasteiger partial charge in [0.2, 0.25) is 0 Å². The highest BCUT2D eigenvalue weighted by atomic mass is 127. The number of carboxylic acids is 1. The number of carbonyl (C=O) groups is 2. The summed E-state index contributed by atoms with van der Waals surface area (Å²) in [6.45, 7) is 0.530. The highest BCUT2D eigenvalue weighted by Crippen LogP contribution is 2.20. The third-order valence-electron chi connectivity index (χ3n) is 3.39. The van der Waals surface area contributed by atoms with Gasteiger partial charge < -0.3 is 10.0 Å². The van der Waals surface area contributed by atoms with E-state index >= 15 is 0 Å². The van der Waals surface area contributed by atoms with E-state index in [1.54, 1.807) is 12.1 Å². The van der Waals surface area contributed by atoms with Gasteiger partial charge in [0.15, 0.2) is 0 Å². The molecule has 1 amide bonds. The fourth-order valence-electron chi connectivity index (χ4n) is 2.37. The van der Waals surface area contributed by atoms with Crippen LogP contribution in [0.1, 0.15) is 36.0 Å². The molecule has 1 aliphatic rings. The smallest absolute Gasteiger partial charge is 0.326 e. The Morgan fingerprint density at radius 1 is 1.16 bits per heavy atom. The van der Waals surface area contributed by atoms with Gasteiger partial charge in [-0.25, -0.2) is 4.79 Å². The third kappa shape index (κ3) is 3.46. The summed E-state index contributed by atoms with van der Waals surface area (Å²) in [5, 5.41) is 9.28. The van der Waals surface area contributed by atoms with Gasteiger partial charge in [-0.2, -0.15) is 0 Å². The molecule has 0 saturated carbocycles. The maximum atomic E-state index is 12.4. The Morgan fingerprint density at radius 3 is 2.47 bits per heavy atom. The lowest BCUT2D eigenvalue weighted by Gasteiger charge is -2.27. The molecule has 0 bridgehead atoms. The van der Waals surface area contributed by atoms with Crippen LogP contribution in [0.2, 0.25) is 0 Å². The van der Waals surface area contributed by atoms with Crippen LogP contribution in [0.4, 0.5) is 0 Å². The first-order valence-corrected chi connectivity index (χ1v) is 7.47. The minimum Gasteiger partial charge on any atom is -0.480 e. The predicted octanol–water partition coefficient (Wildman–Crippen LogP) is 2.76. The summed E-state index contributed by atoms with van der Waals surface area (Å²) in [6.07, 6.45) is 3.28. The average Bonchev–Trinajstić information content (AvgIpc) is 2.64. The molecule has 19 heavy (non-hydrogen) atoms. The largest absolute Gasteiger partial charge is 0.480 e. The summed E-state index contributed by atoms with van der Waals surface area (Å²) in [5.41, 5.74) is 0.563. The van der Waals surface area contributed by atoms with Gasteiger partial charge in [-0.15, -0.1) is 0 Å². The highest BCUT2D eigenvalue weighted by Gasteiger charge is 2.31. The second kappa shape index (κ2) is 6.36. The van der Waals surface area contributed by atoms with Crippen LogP contribution in [0.25, 0.3) is 0 Å². The molecule has 1 aromatic carbocycles. The zero-order valence-corrected chi connectivity index (χ0v) is 12.7. The first-order chi connectivity index (χ1) is 9.09. The molecule has 1 heterocycles. The molecule has 0 aromatic heterocycles. The van der Waals surface area contributed by atoms with Crippen molar-refractivity contribution in [1.82, 2.24) is 4.90 Å². The molecule has 1 N–H and O–H groups in total. The number of hydrogen-bond acceptors (Lipinski definition) is 2. The zero-order valence-electron chi connectivity index (χ0n) is 10.5. The van der Waals surface area contributed by atoms with Crippen molar-refractivity contribution in [2.75, 3.05) is 6.54 Å². The second-order valence-electron chi connectivity index (χ2n) is 4.71. The first-order valence-electron chi connectivity index (χ1n) is 6.39. The van der Waals surface area contributed by atoms with Crippen LogP contribution in [0, 0.1) is 3.57 Å². The van der Waals surface area contributed by atoms with Gasteiger partial charge in [0, 0.05) is 15.7 Å². The Hall–Kier alpha value is -1.11. The lowest BCUT2D eigenvalue weighted by molar-refractivity contribution is -0.142. The van der Waals surface area contributed by atoms with E-state index in [0.717, 1.165) is 22.8 Å². The van der Waals surface area contributed by atoms with Crippen LogP contribution < -0.4 is 0 Å². The minimum absolute atomic E-state index is 0.175. The Morgan fingerprint density at radius 2 is 1.84 bits per heavy atom. The van der Waals surface area contributed by atoms with Crippen molar-refractivity contribution in [3.8, 4) is 0 Å². The van der Waals surface area contributed by atoms with Crippen LogP contribution >= 0.6 is 22.6 Å². The molecule has 1 saturated heterocycles. The third-order valence-corrected chi connectivity index (χ3v) is 4.11. The number of carbonyl (C=O) groups excluding carboxylic acids is 1. The fraction of sp³-hybridized carbons (Fsp3) is 0.429. The van der Waals surface area contributed by atoms with E-state index in [4.69, 9.17) is 0 Å². The van der Waals surface area contributed by atoms with E-state index < -0.39 is 12.0 Å². The van der Waals surface area contributed by atoms with Gasteiger partial charge in [0.25, 0.3) is 5.91 Å². The predicted molar refractivity (Wildman–Crippen MR) is 80.1 cm³/mol. The topological polar surface area (TPSA) is 57.6 Å². The van der Waals surface area contributed by atoms with E-state index in [-0.39, 0.29) is 5.91 Å². The van der Waals surface area contributed by atoms with Crippen molar-refractivity contribution in [3.63, 3.8) is 0 Å². The SMILES string of the molecule is O=C(O)C1CCCCCN1C(=O)c1ccc(I)cc1. The van der Waals surface area contributed by atoms with Gasteiger partial charge in [-0.1, -0.05) is 12.8 Å². The first kappa shape index (κ1) is 14.3. The number of rotatable bonds is 2. The number of likely N-dealkylation sites (tertiary alicyclic amines) is 1. The van der Waals surface area contributed by atoms with E-state index in [9.17, 15) is 14.7 Å². The Balaban J connectivity index is 2.23. The Labute approximate surface area is 125 Å². The monoisotopic (exact) mass is 373 g/mol. The van der Waals surface area contributed by atoms with Gasteiger partial charge in [0.05, 0.1) is 0 Å². The van der Waals surface area contributed by atoms with Crippen molar-refractivity contribution < 1.29 is 14.7 Å². The molecule has 5 heteroatoms. The molecular weight excluding hydrogens is 357 g/mol. The van der Waals surface area contributed by atoms with Gasteiger partial charge in [-0.05, 0) is 59.7 Å². The summed E-state index contributed by atoms with van der Waals surface area (Å²) in [6, 6.07) is 6.55. The summed E-state index contributed by atoms with van der Waals surface area (Å²) in [7, 11) is 0. The molecular formula is C14H16INO3. The van der Waals surface area contributed by atoms with Crippen LogP contribution in [-0.4, -0.2) is 34.5 Å². The standard InChI is InChI=1S/C14H16INO3/c15-11-7-5-10(6-8-11)13(17)16-9-3-1-2-4-12(16)14(18)19/h5-8,12H,1-4,9H2,(H,18,19). The lowest BCUT2D eigenvalue weighted by atomic mass is 10.1. The Kier molecular flexibility index (Phi) is 4.79. The number of halogens is 1. The van der Waals surface area contributed by atoms with Crippen molar-refractivity contribution in [2.24, 2.45) is 0 Å². The highest BCUT2D eigenvalue weighted by molar-refractivity contribution is 14.1. The average molecular weight is 373 g/mol. The van der Waals surface area contributed by atoms with Crippen LogP contribution in [-0.2, 0) is 4.79 Å². The summed E-state index contributed by atoms with van der Waals surface area (Å²) in [5.74, 6) is -1.08. The summed E-state index contributed by atoms with van der Waals surface area (Å²) in [4.78, 5) is 25.3. The zero-order chi connectivity index (χ0) is 13.8. The molecule has 1 fully saturated rings. The quantitative estimate of drug-likeness (QED) is 0.812.